The monoisotopic (exact) mass is 312 g/mol. The van der Waals surface area contributed by atoms with Gasteiger partial charge in [-0.3, -0.25) is 28.9 Å². The molecule has 122 valence electrons. The Balaban J connectivity index is 2.18. The van der Waals surface area contributed by atoms with Gasteiger partial charge in [0.15, 0.2) is 0 Å². The molecule has 0 N–H and O–H groups in total. The zero-order valence-electron chi connectivity index (χ0n) is 12.8. The summed E-state index contributed by atoms with van der Waals surface area (Å²) in [6.45, 7) is 5.66. The van der Waals surface area contributed by atoms with Crippen molar-refractivity contribution in [3.63, 3.8) is 0 Å². The van der Waals surface area contributed by atoms with E-state index < -0.39 is 21.9 Å². The fourth-order valence-electron chi connectivity index (χ4n) is 2.60. The number of nitro groups is 1. The third kappa shape index (κ3) is 3.25. The van der Waals surface area contributed by atoms with Gasteiger partial charge in [-0.05, 0) is 13.3 Å². The molecule has 2 heterocycles. The van der Waals surface area contributed by atoms with E-state index in [0.29, 0.717) is 26.2 Å². The summed E-state index contributed by atoms with van der Waals surface area (Å²) < 4.78 is 7.36. The number of hydrogen-bond donors (Lipinski definition) is 0. The van der Waals surface area contributed by atoms with Gasteiger partial charge in [0.05, 0.1) is 18.1 Å². The zero-order chi connectivity index (χ0) is 16.3. The first-order valence-electron chi connectivity index (χ1n) is 7.18. The second-order valence-electron chi connectivity index (χ2n) is 5.30. The van der Waals surface area contributed by atoms with Crippen LogP contribution >= 0.6 is 0 Å². The van der Waals surface area contributed by atoms with Gasteiger partial charge in [-0.25, -0.2) is 4.79 Å². The number of morpholine rings is 1. The maximum Gasteiger partial charge on any atom is 0.353 e. The summed E-state index contributed by atoms with van der Waals surface area (Å²) in [7, 11) is 1.26. The third-order valence-corrected chi connectivity index (χ3v) is 3.91. The minimum Gasteiger partial charge on any atom is -0.379 e. The molecule has 0 aliphatic carbocycles. The Hall–Kier alpha value is -2.00. The summed E-state index contributed by atoms with van der Waals surface area (Å²) in [5, 5.41) is 11.0. The highest BCUT2D eigenvalue weighted by molar-refractivity contribution is 5.31. The van der Waals surface area contributed by atoms with Crippen LogP contribution < -0.4 is 11.2 Å². The maximum atomic E-state index is 12.1. The standard InChI is InChI=1S/C13H20N4O5/c1-10-11(17(20)21)12(18)14(2)13(19)16(10)5-3-4-15-6-8-22-9-7-15/h3-9H2,1-2H3. The van der Waals surface area contributed by atoms with Crippen LogP contribution in [0.25, 0.3) is 0 Å². The van der Waals surface area contributed by atoms with Gasteiger partial charge in [-0.1, -0.05) is 0 Å². The predicted octanol–water partition coefficient (Wildman–Crippen LogP) is -0.514. The average Bonchev–Trinajstić information content (AvgIpc) is 2.49. The Labute approximate surface area is 126 Å². The first kappa shape index (κ1) is 16.4. The van der Waals surface area contributed by atoms with Crippen LogP contribution in [0.15, 0.2) is 9.59 Å². The van der Waals surface area contributed by atoms with Crippen molar-refractivity contribution in [2.24, 2.45) is 7.05 Å². The molecule has 1 aromatic heterocycles. The van der Waals surface area contributed by atoms with E-state index in [2.05, 4.69) is 4.90 Å². The van der Waals surface area contributed by atoms with Crippen molar-refractivity contribution in [3.8, 4) is 0 Å². The Morgan fingerprint density at radius 2 is 1.86 bits per heavy atom. The molecule has 1 aromatic rings. The maximum absolute atomic E-state index is 12.1. The lowest BCUT2D eigenvalue weighted by molar-refractivity contribution is -0.387. The van der Waals surface area contributed by atoms with E-state index in [9.17, 15) is 19.7 Å². The van der Waals surface area contributed by atoms with Crippen LogP contribution in [0.2, 0.25) is 0 Å². The lowest BCUT2D eigenvalue weighted by Gasteiger charge is -2.26. The molecule has 1 fully saturated rings. The van der Waals surface area contributed by atoms with Gasteiger partial charge < -0.3 is 4.74 Å². The topological polar surface area (TPSA) is 99.6 Å². The highest BCUT2D eigenvalue weighted by atomic mass is 16.6. The summed E-state index contributed by atoms with van der Waals surface area (Å²) in [4.78, 5) is 36.5. The first-order valence-corrected chi connectivity index (χ1v) is 7.18. The lowest BCUT2D eigenvalue weighted by atomic mass is 10.3. The van der Waals surface area contributed by atoms with E-state index in [-0.39, 0.29) is 5.69 Å². The fraction of sp³-hybridized carbons (Fsp3) is 0.692. The van der Waals surface area contributed by atoms with Crippen molar-refractivity contribution in [3.05, 3.63) is 36.6 Å². The minimum absolute atomic E-state index is 0.111. The summed E-state index contributed by atoms with van der Waals surface area (Å²) in [6, 6.07) is 0. The molecule has 0 radical (unpaired) electrons. The van der Waals surface area contributed by atoms with E-state index in [1.165, 1.54) is 18.5 Å². The van der Waals surface area contributed by atoms with Gasteiger partial charge in [0, 0.05) is 33.2 Å². The zero-order valence-corrected chi connectivity index (χ0v) is 12.8. The van der Waals surface area contributed by atoms with E-state index in [1.54, 1.807) is 0 Å². The molecule has 0 aromatic carbocycles. The fourth-order valence-corrected chi connectivity index (χ4v) is 2.60. The summed E-state index contributed by atoms with van der Waals surface area (Å²) in [6.07, 6.45) is 0.677. The highest BCUT2D eigenvalue weighted by Crippen LogP contribution is 2.10. The van der Waals surface area contributed by atoms with Crippen LogP contribution in [0, 0.1) is 17.0 Å². The normalized spacial score (nSPS) is 15.9. The SMILES string of the molecule is Cc1c([N+](=O)[O-])c(=O)n(C)c(=O)n1CCCN1CCOCC1. The van der Waals surface area contributed by atoms with Gasteiger partial charge in [-0.2, -0.15) is 0 Å². The summed E-state index contributed by atoms with van der Waals surface area (Å²) >= 11 is 0. The lowest BCUT2D eigenvalue weighted by Crippen LogP contribution is -2.41. The number of hydrogen-bond acceptors (Lipinski definition) is 6. The molecule has 9 nitrogen and oxygen atoms in total. The van der Waals surface area contributed by atoms with Crippen molar-refractivity contribution in [2.45, 2.75) is 19.9 Å². The van der Waals surface area contributed by atoms with Crippen molar-refractivity contribution in [2.75, 3.05) is 32.8 Å². The van der Waals surface area contributed by atoms with Crippen molar-refractivity contribution >= 4 is 5.69 Å². The van der Waals surface area contributed by atoms with Crippen LogP contribution in [0.1, 0.15) is 12.1 Å². The van der Waals surface area contributed by atoms with Crippen molar-refractivity contribution < 1.29 is 9.66 Å². The van der Waals surface area contributed by atoms with Gasteiger partial charge >= 0.3 is 16.9 Å². The molecule has 0 saturated carbocycles. The summed E-state index contributed by atoms with van der Waals surface area (Å²) in [5.74, 6) is 0. The predicted molar refractivity (Wildman–Crippen MR) is 79.2 cm³/mol. The average molecular weight is 312 g/mol. The molecule has 22 heavy (non-hydrogen) atoms. The molecule has 0 amide bonds. The van der Waals surface area contributed by atoms with Crippen LogP contribution in [0.4, 0.5) is 5.69 Å². The van der Waals surface area contributed by atoms with E-state index in [0.717, 1.165) is 24.2 Å². The third-order valence-electron chi connectivity index (χ3n) is 3.91. The molecule has 1 saturated heterocycles. The molecular formula is C13H20N4O5. The Bertz CT molecular complexity index is 672. The number of rotatable bonds is 5. The molecule has 0 bridgehead atoms. The Kier molecular flexibility index (Phi) is 5.09. The number of aromatic nitrogens is 2. The van der Waals surface area contributed by atoms with Crippen molar-refractivity contribution in [1.82, 2.24) is 14.0 Å². The van der Waals surface area contributed by atoms with Crippen LogP contribution in [-0.4, -0.2) is 51.8 Å². The molecule has 2 rings (SSSR count). The minimum atomic E-state index is -0.864. The second-order valence-corrected chi connectivity index (χ2v) is 5.30. The Morgan fingerprint density at radius 1 is 1.23 bits per heavy atom. The van der Waals surface area contributed by atoms with Crippen LogP contribution in [-0.2, 0) is 18.3 Å². The van der Waals surface area contributed by atoms with Gasteiger partial charge in [0.25, 0.3) is 0 Å². The quantitative estimate of drug-likeness (QED) is 0.536. The van der Waals surface area contributed by atoms with Gasteiger partial charge in [0.1, 0.15) is 5.69 Å². The van der Waals surface area contributed by atoms with E-state index in [1.807, 2.05) is 0 Å². The highest BCUT2D eigenvalue weighted by Gasteiger charge is 2.23. The van der Waals surface area contributed by atoms with Gasteiger partial charge in [-0.15, -0.1) is 0 Å². The molecule has 9 heteroatoms. The van der Waals surface area contributed by atoms with Crippen LogP contribution in [0.5, 0.6) is 0 Å². The van der Waals surface area contributed by atoms with Crippen molar-refractivity contribution in [1.29, 1.82) is 0 Å². The number of ether oxygens (including phenoxy) is 1. The molecule has 0 spiro atoms. The molecule has 0 unspecified atom stereocenters. The molecular weight excluding hydrogens is 292 g/mol. The second kappa shape index (κ2) is 6.84. The number of nitrogens with zero attached hydrogens (tertiary/aromatic N) is 4. The smallest absolute Gasteiger partial charge is 0.353 e. The van der Waals surface area contributed by atoms with Gasteiger partial charge in [0.2, 0.25) is 0 Å². The molecule has 0 atom stereocenters. The van der Waals surface area contributed by atoms with E-state index >= 15 is 0 Å². The Morgan fingerprint density at radius 3 is 2.45 bits per heavy atom. The molecule has 1 aliphatic heterocycles. The largest absolute Gasteiger partial charge is 0.379 e. The van der Waals surface area contributed by atoms with E-state index in [4.69, 9.17) is 4.74 Å². The van der Waals surface area contributed by atoms with Crippen LogP contribution in [0.3, 0.4) is 0 Å². The summed E-state index contributed by atoms with van der Waals surface area (Å²) in [5.41, 5.74) is -1.81. The molecule has 1 aliphatic rings. The first-order chi connectivity index (χ1) is 10.4.